The predicted octanol–water partition coefficient (Wildman–Crippen LogP) is 3.69. The summed E-state index contributed by atoms with van der Waals surface area (Å²) < 4.78 is 7.16. The molecule has 1 aliphatic rings. The number of halogens is 1. The highest BCUT2D eigenvalue weighted by atomic mass is 79.9. The van der Waals surface area contributed by atoms with Gasteiger partial charge in [0.2, 0.25) is 0 Å². The molecule has 2 aromatic carbocycles. The Labute approximate surface area is 157 Å². The van der Waals surface area contributed by atoms with Gasteiger partial charge in [-0.2, -0.15) is 0 Å². The number of nitrogens with zero attached hydrogens (tertiary/aromatic N) is 1. The zero-order valence-electron chi connectivity index (χ0n) is 14.1. The normalized spacial score (nSPS) is 12.2. The summed E-state index contributed by atoms with van der Waals surface area (Å²) in [5.41, 5.74) is 2.08. The highest BCUT2D eigenvalue weighted by Gasteiger charge is 2.33. The molecule has 26 heavy (non-hydrogen) atoms. The van der Waals surface area contributed by atoms with E-state index in [-0.39, 0.29) is 18.0 Å². The molecule has 0 bridgehead atoms. The van der Waals surface area contributed by atoms with Crippen molar-refractivity contribution in [2.75, 3.05) is 6.61 Å². The second-order valence-electron chi connectivity index (χ2n) is 6.03. The summed E-state index contributed by atoms with van der Waals surface area (Å²) in [4.78, 5) is 38.7. The zero-order chi connectivity index (χ0) is 18.6. The number of aromatic nitrogens is 1. The third kappa shape index (κ3) is 2.12. The second-order valence-corrected chi connectivity index (χ2v) is 6.88. The van der Waals surface area contributed by atoms with Crippen molar-refractivity contribution in [3.8, 4) is 11.1 Å². The fourth-order valence-corrected chi connectivity index (χ4v) is 4.04. The molecule has 0 fully saturated rings. The van der Waals surface area contributed by atoms with Crippen molar-refractivity contribution < 1.29 is 14.3 Å². The van der Waals surface area contributed by atoms with Crippen LogP contribution in [-0.2, 0) is 11.8 Å². The van der Waals surface area contributed by atoms with Gasteiger partial charge in [0, 0.05) is 33.6 Å². The number of hydrogen-bond acceptors (Lipinski definition) is 4. The molecule has 0 radical (unpaired) electrons. The Kier molecular flexibility index (Phi) is 3.80. The Hall–Kier alpha value is -2.73. The van der Waals surface area contributed by atoms with Gasteiger partial charge in [0.1, 0.15) is 5.56 Å². The van der Waals surface area contributed by atoms with Crippen LogP contribution in [0.4, 0.5) is 0 Å². The van der Waals surface area contributed by atoms with E-state index in [2.05, 4.69) is 15.9 Å². The van der Waals surface area contributed by atoms with Gasteiger partial charge >= 0.3 is 5.97 Å². The van der Waals surface area contributed by atoms with E-state index < -0.39 is 11.5 Å². The standard InChI is InChI=1S/C20H14BrNO4/c1-3-26-20(25)17-14-10-6-4-5-7-11(10)18(23)15-12(21)8-9-13(16(14)15)22(2)19(17)24/h4-9H,3H2,1-2H3. The number of carbonyl (C=O) groups is 2. The monoisotopic (exact) mass is 411 g/mol. The molecule has 6 heteroatoms. The van der Waals surface area contributed by atoms with Gasteiger partial charge in [-0.25, -0.2) is 4.79 Å². The molecule has 130 valence electrons. The maximum atomic E-state index is 13.1. The second kappa shape index (κ2) is 5.92. The summed E-state index contributed by atoms with van der Waals surface area (Å²) in [5, 5.41) is 0.591. The van der Waals surface area contributed by atoms with E-state index >= 15 is 0 Å². The highest BCUT2D eigenvalue weighted by Crippen LogP contribution is 2.42. The fourth-order valence-electron chi connectivity index (χ4n) is 3.53. The number of pyridine rings is 1. The first-order valence-electron chi connectivity index (χ1n) is 8.13. The number of ketones is 1. The van der Waals surface area contributed by atoms with E-state index in [4.69, 9.17) is 4.74 Å². The number of benzene rings is 2. The van der Waals surface area contributed by atoms with E-state index in [9.17, 15) is 14.4 Å². The van der Waals surface area contributed by atoms with Crippen molar-refractivity contribution in [1.82, 2.24) is 4.57 Å². The van der Waals surface area contributed by atoms with Crippen LogP contribution >= 0.6 is 15.9 Å². The lowest BCUT2D eigenvalue weighted by Gasteiger charge is -2.23. The lowest BCUT2D eigenvalue weighted by atomic mass is 9.82. The molecule has 0 spiro atoms. The predicted molar refractivity (Wildman–Crippen MR) is 102 cm³/mol. The largest absolute Gasteiger partial charge is 0.462 e. The van der Waals surface area contributed by atoms with Crippen LogP contribution in [0.15, 0.2) is 45.7 Å². The first-order chi connectivity index (χ1) is 12.5. The number of aryl methyl sites for hydroxylation is 1. The third-order valence-corrected chi connectivity index (χ3v) is 5.32. The van der Waals surface area contributed by atoms with Crippen LogP contribution in [0.5, 0.6) is 0 Å². The summed E-state index contributed by atoms with van der Waals surface area (Å²) in [6, 6.07) is 10.5. The number of fused-ring (bicyclic) bond motifs is 2. The maximum absolute atomic E-state index is 13.1. The SMILES string of the molecule is CCOC(=O)c1c2c3c(c(Br)ccc3n(C)c1=O)C(=O)c1ccccc1-2. The molecule has 0 atom stereocenters. The molecule has 1 aromatic heterocycles. The molecule has 0 unspecified atom stereocenters. The van der Waals surface area contributed by atoms with Gasteiger partial charge in [-0.3, -0.25) is 9.59 Å². The number of carbonyl (C=O) groups excluding carboxylic acids is 2. The smallest absolute Gasteiger partial charge is 0.344 e. The van der Waals surface area contributed by atoms with Gasteiger partial charge in [-0.15, -0.1) is 0 Å². The Balaban J connectivity index is 2.31. The summed E-state index contributed by atoms with van der Waals surface area (Å²) in [6.45, 7) is 1.85. The molecule has 1 aliphatic carbocycles. The van der Waals surface area contributed by atoms with Crippen LogP contribution in [0.3, 0.4) is 0 Å². The van der Waals surface area contributed by atoms with Crippen LogP contribution in [0, 0.1) is 0 Å². The van der Waals surface area contributed by atoms with Crippen LogP contribution in [0.25, 0.3) is 22.0 Å². The van der Waals surface area contributed by atoms with Crippen molar-refractivity contribution in [2.24, 2.45) is 7.05 Å². The van der Waals surface area contributed by atoms with Crippen molar-refractivity contribution in [3.63, 3.8) is 0 Å². The number of rotatable bonds is 2. The minimum atomic E-state index is -0.680. The molecule has 1 heterocycles. The van der Waals surface area contributed by atoms with Crippen LogP contribution in [0.1, 0.15) is 33.2 Å². The summed E-state index contributed by atoms with van der Waals surface area (Å²) in [5.74, 6) is -0.820. The molecule has 5 nitrogen and oxygen atoms in total. The van der Waals surface area contributed by atoms with Crippen molar-refractivity contribution in [1.29, 1.82) is 0 Å². The lowest BCUT2D eigenvalue weighted by molar-refractivity contribution is 0.0524. The van der Waals surface area contributed by atoms with Gasteiger partial charge in [0.25, 0.3) is 5.56 Å². The van der Waals surface area contributed by atoms with E-state index in [1.807, 2.05) is 0 Å². The first kappa shape index (κ1) is 16.7. The van der Waals surface area contributed by atoms with E-state index in [1.54, 1.807) is 50.4 Å². The van der Waals surface area contributed by atoms with Crippen molar-refractivity contribution >= 4 is 38.6 Å². The van der Waals surface area contributed by atoms with Crippen LogP contribution in [-0.4, -0.2) is 22.9 Å². The minimum Gasteiger partial charge on any atom is -0.462 e. The quantitative estimate of drug-likeness (QED) is 0.471. The fraction of sp³-hybridized carbons (Fsp3) is 0.150. The molecule has 0 aliphatic heterocycles. The number of hydrogen-bond donors (Lipinski definition) is 0. The molecule has 4 rings (SSSR count). The third-order valence-electron chi connectivity index (χ3n) is 4.66. The van der Waals surface area contributed by atoms with Crippen molar-refractivity contribution in [2.45, 2.75) is 6.92 Å². The van der Waals surface area contributed by atoms with E-state index in [0.29, 0.717) is 37.6 Å². The topological polar surface area (TPSA) is 65.4 Å². The zero-order valence-corrected chi connectivity index (χ0v) is 15.7. The molecule has 3 aromatic rings. The van der Waals surface area contributed by atoms with Crippen LogP contribution < -0.4 is 5.56 Å². The summed E-state index contributed by atoms with van der Waals surface area (Å²) in [6.07, 6.45) is 0. The Morgan fingerprint density at radius 2 is 1.77 bits per heavy atom. The Morgan fingerprint density at radius 1 is 1.08 bits per heavy atom. The van der Waals surface area contributed by atoms with Gasteiger partial charge in [0.15, 0.2) is 5.78 Å². The molecule has 0 N–H and O–H groups in total. The number of ether oxygens (including phenoxy) is 1. The van der Waals surface area contributed by atoms with E-state index in [0.717, 1.165) is 0 Å². The number of esters is 1. The summed E-state index contributed by atoms with van der Waals surface area (Å²) in [7, 11) is 1.59. The molecule has 0 saturated heterocycles. The van der Waals surface area contributed by atoms with Gasteiger partial charge in [-0.05, 0) is 24.6 Å². The van der Waals surface area contributed by atoms with Crippen molar-refractivity contribution in [3.05, 3.63) is 67.9 Å². The van der Waals surface area contributed by atoms with Gasteiger partial charge in [0.05, 0.1) is 12.1 Å². The molecular weight excluding hydrogens is 398 g/mol. The molecular formula is C20H14BrNO4. The molecule has 0 amide bonds. The summed E-state index contributed by atoms with van der Waals surface area (Å²) >= 11 is 3.45. The average molecular weight is 412 g/mol. The Morgan fingerprint density at radius 3 is 2.46 bits per heavy atom. The molecule has 0 saturated carbocycles. The van der Waals surface area contributed by atoms with Crippen LogP contribution in [0.2, 0.25) is 0 Å². The van der Waals surface area contributed by atoms with Gasteiger partial charge in [-0.1, -0.05) is 40.2 Å². The van der Waals surface area contributed by atoms with E-state index in [1.165, 1.54) is 4.57 Å². The lowest BCUT2D eigenvalue weighted by Crippen LogP contribution is -2.29. The average Bonchev–Trinajstić information content (AvgIpc) is 2.63. The Bertz CT molecular complexity index is 1180. The minimum absolute atomic E-state index is 0.0406. The maximum Gasteiger partial charge on any atom is 0.344 e. The van der Waals surface area contributed by atoms with Gasteiger partial charge < -0.3 is 9.30 Å². The first-order valence-corrected chi connectivity index (χ1v) is 8.93. The highest BCUT2D eigenvalue weighted by molar-refractivity contribution is 9.10.